The molecule has 0 saturated heterocycles. The van der Waals surface area contributed by atoms with E-state index >= 15 is 0 Å². The Morgan fingerprint density at radius 1 is 1.53 bits per heavy atom. The van der Waals surface area contributed by atoms with Crippen molar-refractivity contribution in [1.82, 2.24) is 0 Å². The average Bonchev–Trinajstić information content (AvgIpc) is 2.16. The van der Waals surface area contributed by atoms with Gasteiger partial charge in [0.05, 0.1) is 12.0 Å². The van der Waals surface area contributed by atoms with Crippen LogP contribution in [-0.4, -0.2) is 28.2 Å². The molecular weight excluding hydrogens is 206 g/mol. The number of hydrogen-bond donors (Lipinski definition) is 2. The summed E-state index contributed by atoms with van der Waals surface area (Å²) in [5.41, 5.74) is -1.46. The Hall–Kier alpha value is -2.31. The van der Waals surface area contributed by atoms with Gasteiger partial charge in [0.15, 0.2) is 5.75 Å². The van der Waals surface area contributed by atoms with Gasteiger partial charge in [0.1, 0.15) is 5.56 Å². The highest BCUT2D eigenvalue weighted by atomic mass is 16.6. The van der Waals surface area contributed by atoms with E-state index in [1.54, 1.807) is 0 Å². The smallest absolute Gasteiger partial charge is 0.342 e. The Kier molecular flexibility index (Phi) is 2.75. The minimum atomic E-state index is -1.49. The van der Waals surface area contributed by atoms with Crippen molar-refractivity contribution >= 4 is 11.7 Å². The molecule has 0 saturated carbocycles. The molecule has 0 aliphatic rings. The highest BCUT2D eigenvalue weighted by Gasteiger charge is 2.27. The number of nitrogens with zero attached hydrogens (tertiary/aromatic N) is 1. The highest BCUT2D eigenvalue weighted by molar-refractivity contribution is 5.94. The number of nitro groups is 1. The third kappa shape index (κ3) is 1.80. The number of aromatic hydroxyl groups is 1. The van der Waals surface area contributed by atoms with E-state index in [1.165, 1.54) is 7.11 Å². The van der Waals surface area contributed by atoms with Crippen LogP contribution in [0.3, 0.4) is 0 Å². The second-order valence-corrected chi connectivity index (χ2v) is 2.57. The standard InChI is InChI=1S/C8H7NO6/c1-15-5-3-2-4(8(11)12)6(7(5)10)9(13)14/h2-3,10H,1H3,(H,11,12). The fraction of sp³-hybridized carbons (Fsp3) is 0.125. The first-order chi connectivity index (χ1) is 6.99. The summed E-state index contributed by atoms with van der Waals surface area (Å²) in [5, 5.41) is 28.5. The summed E-state index contributed by atoms with van der Waals surface area (Å²) >= 11 is 0. The predicted octanol–water partition coefficient (Wildman–Crippen LogP) is 1.01. The van der Waals surface area contributed by atoms with Crippen molar-refractivity contribution in [1.29, 1.82) is 0 Å². The Bertz CT molecular complexity index is 427. The lowest BCUT2D eigenvalue weighted by Gasteiger charge is -2.05. The van der Waals surface area contributed by atoms with Gasteiger partial charge in [-0.15, -0.1) is 0 Å². The lowest BCUT2D eigenvalue weighted by atomic mass is 10.1. The van der Waals surface area contributed by atoms with Crippen LogP contribution < -0.4 is 4.74 Å². The fourth-order valence-corrected chi connectivity index (χ4v) is 1.08. The first-order valence-electron chi connectivity index (χ1n) is 3.76. The quantitative estimate of drug-likeness (QED) is 0.572. The van der Waals surface area contributed by atoms with Gasteiger partial charge in [0.25, 0.3) is 0 Å². The molecule has 0 spiro atoms. The van der Waals surface area contributed by atoms with E-state index in [4.69, 9.17) is 5.11 Å². The predicted molar refractivity (Wildman–Crippen MR) is 48.3 cm³/mol. The first kappa shape index (κ1) is 10.8. The van der Waals surface area contributed by atoms with Crippen LogP contribution in [0.2, 0.25) is 0 Å². The zero-order valence-electron chi connectivity index (χ0n) is 7.63. The van der Waals surface area contributed by atoms with Crippen LogP contribution in [0.4, 0.5) is 5.69 Å². The summed E-state index contributed by atoms with van der Waals surface area (Å²) in [6.07, 6.45) is 0. The molecule has 7 nitrogen and oxygen atoms in total. The van der Waals surface area contributed by atoms with E-state index in [-0.39, 0.29) is 5.75 Å². The van der Waals surface area contributed by atoms with Crippen LogP contribution in [0.5, 0.6) is 11.5 Å². The largest absolute Gasteiger partial charge is 0.499 e. The molecule has 80 valence electrons. The van der Waals surface area contributed by atoms with Gasteiger partial charge in [-0.2, -0.15) is 0 Å². The monoisotopic (exact) mass is 213 g/mol. The van der Waals surface area contributed by atoms with E-state index in [9.17, 15) is 20.0 Å². The molecule has 0 aliphatic heterocycles. The van der Waals surface area contributed by atoms with Gasteiger partial charge in [0.2, 0.25) is 5.75 Å². The van der Waals surface area contributed by atoms with Gasteiger partial charge in [-0.05, 0) is 12.1 Å². The maximum absolute atomic E-state index is 10.6. The van der Waals surface area contributed by atoms with Gasteiger partial charge in [-0.1, -0.05) is 0 Å². The van der Waals surface area contributed by atoms with Gasteiger partial charge < -0.3 is 14.9 Å². The van der Waals surface area contributed by atoms with Gasteiger partial charge in [-0.3, -0.25) is 10.1 Å². The number of rotatable bonds is 3. The topological polar surface area (TPSA) is 110 Å². The van der Waals surface area contributed by atoms with E-state index in [0.717, 1.165) is 12.1 Å². The summed E-state index contributed by atoms with van der Waals surface area (Å²) in [7, 11) is 1.21. The zero-order valence-corrected chi connectivity index (χ0v) is 7.63. The molecule has 0 aromatic heterocycles. The molecule has 0 fully saturated rings. The van der Waals surface area contributed by atoms with Gasteiger partial charge in [0, 0.05) is 0 Å². The molecule has 7 heteroatoms. The normalized spacial score (nSPS) is 9.67. The molecule has 1 rings (SSSR count). The van der Waals surface area contributed by atoms with Crippen LogP contribution in [0.25, 0.3) is 0 Å². The van der Waals surface area contributed by atoms with Crippen molar-refractivity contribution in [3.05, 3.63) is 27.8 Å². The molecule has 15 heavy (non-hydrogen) atoms. The number of ether oxygens (including phenoxy) is 1. The number of carboxylic acid groups (broad SMARTS) is 1. The van der Waals surface area contributed by atoms with E-state index in [2.05, 4.69) is 4.74 Å². The van der Waals surface area contributed by atoms with Crippen molar-refractivity contribution in [3.8, 4) is 11.5 Å². The molecule has 0 amide bonds. The average molecular weight is 213 g/mol. The SMILES string of the molecule is COc1ccc(C(=O)O)c([N+](=O)[O-])c1O. The number of methoxy groups -OCH3 is 1. The maximum Gasteiger partial charge on any atom is 0.342 e. The Morgan fingerprint density at radius 2 is 2.13 bits per heavy atom. The number of phenols is 1. The molecular formula is C8H7NO6. The number of carbonyl (C=O) groups is 1. The second kappa shape index (κ2) is 3.82. The van der Waals surface area contributed by atoms with Crippen molar-refractivity contribution in [2.45, 2.75) is 0 Å². The van der Waals surface area contributed by atoms with E-state index in [0.29, 0.717) is 0 Å². The number of carboxylic acids is 1. The van der Waals surface area contributed by atoms with Crippen LogP contribution in [0, 0.1) is 10.1 Å². The van der Waals surface area contributed by atoms with Crippen LogP contribution in [-0.2, 0) is 0 Å². The number of benzene rings is 1. The Balaban J connectivity index is 3.51. The van der Waals surface area contributed by atoms with Crippen molar-refractivity contribution in [2.75, 3.05) is 7.11 Å². The van der Waals surface area contributed by atoms with Crippen LogP contribution in [0.15, 0.2) is 12.1 Å². The third-order valence-corrected chi connectivity index (χ3v) is 1.75. The molecule has 1 aromatic rings. The molecule has 0 aliphatic carbocycles. The molecule has 0 radical (unpaired) electrons. The molecule has 0 bridgehead atoms. The molecule has 1 aromatic carbocycles. The Labute approximate surface area is 83.7 Å². The molecule has 0 heterocycles. The number of nitro benzene ring substituents is 1. The zero-order chi connectivity index (χ0) is 11.6. The lowest BCUT2D eigenvalue weighted by Crippen LogP contribution is -2.03. The van der Waals surface area contributed by atoms with Crippen molar-refractivity contribution in [2.24, 2.45) is 0 Å². The van der Waals surface area contributed by atoms with Crippen molar-refractivity contribution in [3.63, 3.8) is 0 Å². The van der Waals surface area contributed by atoms with Gasteiger partial charge >= 0.3 is 11.7 Å². The summed E-state index contributed by atoms with van der Waals surface area (Å²) in [6.45, 7) is 0. The van der Waals surface area contributed by atoms with E-state index in [1.807, 2.05) is 0 Å². The number of hydrogen-bond acceptors (Lipinski definition) is 5. The van der Waals surface area contributed by atoms with Crippen LogP contribution in [0.1, 0.15) is 10.4 Å². The van der Waals surface area contributed by atoms with E-state index < -0.39 is 27.9 Å². The minimum Gasteiger partial charge on any atom is -0.499 e. The number of phenolic OH excluding ortho intramolecular Hbond substituents is 1. The Morgan fingerprint density at radius 3 is 2.53 bits per heavy atom. The lowest BCUT2D eigenvalue weighted by molar-refractivity contribution is -0.386. The van der Waals surface area contributed by atoms with Crippen molar-refractivity contribution < 1.29 is 24.7 Å². The second-order valence-electron chi connectivity index (χ2n) is 2.57. The summed E-state index contributed by atoms with van der Waals surface area (Å²) in [6, 6.07) is 2.14. The molecule has 2 N–H and O–H groups in total. The van der Waals surface area contributed by atoms with Gasteiger partial charge in [-0.25, -0.2) is 4.79 Å². The fourth-order valence-electron chi connectivity index (χ4n) is 1.08. The number of aromatic carboxylic acids is 1. The minimum absolute atomic E-state index is 0.147. The van der Waals surface area contributed by atoms with Crippen LogP contribution >= 0.6 is 0 Å². The summed E-state index contributed by atoms with van der Waals surface area (Å²) in [5.74, 6) is -2.42. The molecule has 0 unspecified atom stereocenters. The highest BCUT2D eigenvalue weighted by Crippen LogP contribution is 2.38. The summed E-state index contributed by atoms with van der Waals surface area (Å²) < 4.78 is 4.62. The summed E-state index contributed by atoms with van der Waals surface area (Å²) in [4.78, 5) is 20.2. The first-order valence-corrected chi connectivity index (χ1v) is 3.76. The third-order valence-electron chi connectivity index (χ3n) is 1.75. The molecule has 0 atom stereocenters. The maximum atomic E-state index is 10.6.